The molecule has 1 amide bonds. The molecule has 142 valence electrons. The Labute approximate surface area is 149 Å². The number of carbonyl (C=O) groups excluding carboxylic acids is 1. The lowest BCUT2D eigenvalue weighted by molar-refractivity contribution is -0.272. The number of rotatable bonds is 7. The third kappa shape index (κ3) is 4.43. The highest BCUT2D eigenvalue weighted by atomic mass is 19.4. The highest BCUT2D eigenvalue weighted by molar-refractivity contribution is 5.76. The van der Waals surface area contributed by atoms with Crippen LogP contribution in [0.1, 0.15) is 37.1 Å². The average molecular weight is 369 g/mol. The fourth-order valence-corrected chi connectivity index (χ4v) is 2.78. The predicted molar refractivity (Wildman–Crippen MR) is 90.3 cm³/mol. The van der Waals surface area contributed by atoms with E-state index in [2.05, 4.69) is 10.3 Å². The molecule has 26 heavy (non-hydrogen) atoms. The molecule has 0 unspecified atom stereocenters. The summed E-state index contributed by atoms with van der Waals surface area (Å²) in [4.78, 5) is 15.6. The van der Waals surface area contributed by atoms with Gasteiger partial charge in [-0.3, -0.25) is 4.79 Å². The zero-order chi connectivity index (χ0) is 19.4. The monoisotopic (exact) mass is 369 g/mol. The van der Waals surface area contributed by atoms with Gasteiger partial charge < -0.3 is 15.0 Å². The Morgan fingerprint density at radius 3 is 2.50 bits per heavy atom. The maximum Gasteiger partial charge on any atom is 0.424 e. The number of alkyl halides is 3. The van der Waals surface area contributed by atoms with Gasteiger partial charge in [0.1, 0.15) is 5.82 Å². The highest BCUT2D eigenvalue weighted by Crippen LogP contribution is 2.40. The smallest absolute Gasteiger partial charge is 0.374 e. The van der Waals surface area contributed by atoms with Gasteiger partial charge in [-0.1, -0.05) is 37.3 Å². The van der Waals surface area contributed by atoms with Crippen molar-refractivity contribution in [1.82, 2.24) is 14.9 Å². The summed E-state index contributed by atoms with van der Waals surface area (Å²) >= 11 is 0. The lowest BCUT2D eigenvalue weighted by Crippen LogP contribution is -2.46. The molecule has 0 aliphatic heterocycles. The Morgan fingerprint density at radius 2 is 1.96 bits per heavy atom. The number of imidazole rings is 1. The van der Waals surface area contributed by atoms with Crippen LogP contribution in [0.5, 0.6) is 0 Å². The number of nitrogens with one attached hydrogen (secondary N) is 1. The van der Waals surface area contributed by atoms with Crippen LogP contribution in [-0.2, 0) is 17.4 Å². The minimum absolute atomic E-state index is 0.0627. The van der Waals surface area contributed by atoms with Gasteiger partial charge in [-0.2, -0.15) is 13.2 Å². The number of halogens is 3. The van der Waals surface area contributed by atoms with Crippen molar-refractivity contribution in [3.05, 3.63) is 54.1 Å². The van der Waals surface area contributed by atoms with Crippen molar-refractivity contribution in [3.63, 3.8) is 0 Å². The minimum Gasteiger partial charge on any atom is -0.374 e. The van der Waals surface area contributed by atoms with Crippen molar-refractivity contribution in [2.45, 2.75) is 37.5 Å². The molecule has 0 saturated carbocycles. The summed E-state index contributed by atoms with van der Waals surface area (Å²) < 4.78 is 41.3. The average Bonchev–Trinajstić information content (AvgIpc) is 3.01. The Kier molecular flexibility index (Phi) is 6.07. The Morgan fingerprint density at radius 1 is 1.31 bits per heavy atom. The number of aryl methyl sites for hydroxylation is 1. The van der Waals surface area contributed by atoms with Gasteiger partial charge in [0.2, 0.25) is 11.5 Å². The largest absolute Gasteiger partial charge is 0.424 e. The van der Waals surface area contributed by atoms with Crippen LogP contribution in [0.4, 0.5) is 13.2 Å². The summed E-state index contributed by atoms with van der Waals surface area (Å²) in [6, 6.07) is 9.37. The molecular formula is C18H22F3N3O2. The first kappa shape index (κ1) is 20.0. The SMILES string of the molecule is C[C@H](CC(=O)NCC[C@](O)(c1nccn1C)C(F)(F)F)c1ccccc1. The van der Waals surface area contributed by atoms with Crippen LogP contribution in [0.25, 0.3) is 0 Å². The summed E-state index contributed by atoms with van der Waals surface area (Å²) in [5.74, 6) is -0.935. The van der Waals surface area contributed by atoms with Gasteiger partial charge >= 0.3 is 6.18 Å². The maximum atomic E-state index is 13.4. The van der Waals surface area contributed by atoms with Crippen LogP contribution in [0.3, 0.4) is 0 Å². The van der Waals surface area contributed by atoms with Crippen molar-refractivity contribution >= 4 is 5.91 Å². The second-order valence-electron chi connectivity index (χ2n) is 6.34. The molecule has 0 bridgehead atoms. The lowest BCUT2D eigenvalue weighted by Gasteiger charge is -2.30. The van der Waals surface area contributed by atoms with E-state index in [1.165, 1.54) is 19.4 Å². The molecule has 0 aliphatic rings. The maximum absolute atomic E-state index is 13.4. The van der Waals surface area contributed by atoms with E-state index >= 15 is 0 Å². The molecule has 1 aromatic heterocycles. The van der Waals surface area contributed by atoms with Crippen LogP contribution >= 0.6 is 0 Å². The number of aromatic nitrogens is 2. The fourth-order valence-electron chi connectivity index (χ4n) is 2.78. The second-order valence-corrected chi connectivity index (χ2v) is 6.34. The normalized spacial score (nSPS) is 15.3. The fraction of sp³-hybridized carbons (Fsp3) is 0.444. The van der Waals surface area contributed by atoms with Crippen LogP contribution in [-0.4, -0.2) is 33.3 Å². The predicted octanol–water partition coefficient (Wildman–Crippen LogP) is 2.87. The summed E-state index contributed by atoms with van der Waals surface area (Å²) in [7, 11) is 1.37. The molecule has 0 aliphatic carbocycles. The third-order valence-electron chi connectivity index (χ3n) is 4.33. The summed E-state index contributed by atoms with van der Waals surface area (Å²) in [6.45, 7) is 1.55. The summed E-state index contributed by atoms with van der Waals surface area (Å²) in [5.41, 5.74) is -2.15. The first-order chi connectivity index (χ1) is 12.1. The second kappa shape index (κ2) is 7.90. The zero-order valence-corrected chi connectivity index (χ0v) is 14.6. The van der Waals surface area contributed by atoms with E-state index in [9.17, 15) is 23.1 Å². The van der Waals surface area contributed by atoms with Crippen LogP contribution < -0.4 is 5.32 Å². The first-order valence-electron chi connectivity index (χ1n) is 8.23. The molecule has 0 fully saturated rings. The Balaban J connectivity index is 1.96. The van der Waals surface area contributed by atoms with Gasteiger partial charge in [-0.15, -0.1) is 0 Å². The number of hydrogen-bond acceptors (Lipinski definition) is 3. The first-order valence-corrected chi connectivity index (χ1v) is 8.23. The molecule has 2 aromatic rings. The number of amides is 1. The molecule has 5 nitrogen and oxygen atoms in total. The van der Waals surface area contributed by atoms with Gasteiger partial charge in [0.25, 0.3) is 0 Å². The molecular weight excluding hydrogens is 347 g/mol. The van der Waals surface area contributed by atoms with E-state index in [0.29, 0.717) is 0 Å². The highest BCUT2D eigenvalue weighted by Gasteiger charge is 2.57. The summed E-state index contributed by atoms with van der Waals surface area (Å²) in [6.07, 6.45) is -2.96. The van der Waals surface area contributed by atoms with E-state index < -0.39 is 24.0 Å². The number of aliphatic hydroxyl groups is 1. The number of nitrogens with zero attached hydrogens (tertiary/aromatic N) is 2. The van der Waals surface area contributed by atoms with Crippen molar-refractivity contribution < 1.29 is 23.1 Å². The molecule has 0 saturated heterocycles. The molecule has 0 radical (unpaired) electrons. The molecule has 0 spiro atoms. The van der Waals surface area contributed by atoms with Crippen LogP contribution in [0.15, 0.2) is 42.7 Å². The third-order valence-corrected chi connectivity index (χ3v) is 4.33. The van der Waals surface area contributed by atoms with E-state index in [0.717, 1.165) is 10.1 Å². The zero-order valence-electron chi connectivity index (χ0n) is 14.6. The van der Waals surface area contributed by atoms with Gasteiger partial charge in [0.15, 0.2) is 0 Å². The lowest BCUT2D eigenvalue weighted by atomic mass is 9.96. The number of hydrogen-bond donors (Lipinski definition) is 2. The Hall–Kier alpha value is -2.35. The van der Waals surface area contributed by atoms with Crippen LogP contribution in [0.2, 0.25) is 0 Å². The minimum atomic E-state index is -4.91. The van der Waals surface area contributed by atoms with Crippen LogP contribution in [0, 0.1) is 0 Å². The number of carbonyl (C=O) groups is 1. The topological polar surface area (TPSA) is 67.2 Å². The number of benzene rings is 1. The molecule has 2 N–H and O–H groups in total. The van der Waals surface area contributed by atoms with Crippen molar-refractivity contribution in [3.8, 4) is 0 Å². The van der Waals surface area contributed by atoms with Gasteiger partial charge in [0, 0.05) is 38.8 Å². The molecule has 2 atom stereocenters. The van der Waals surface area contributed by atoms with Crippen molar-refractivity contribution in [2.24, 2.45) is 7.05 Å². The van der Waals surface area contributed by atoms with E-state index in [1.807, 2.05) is 37.3 Å². The molecule has 8 heteroatoms. The standard InChI is InChI=1S/C18H22F3N3O2/c1-13(14-6-4-3-5-7-14)12-15(25)22-9-8-17(26,18(19,20)21)16-23-10-11-24(16)2/h3-7,10-11,13,26H,8-9,12H2,1-2H3,(H,22,25)/t13-,17+/m1/s1. The molecule has 2 rings (SSSR count). The molecule has 1 heterocycles. The van der Waals surface area contributed by atoms with Gasteiger partial charge in [0.05, 0.1) is 0 Å². The van der Waals surface area contributed by atoms with Gasteiger partial charge in [-0.05, 0) is 11.5 Å². The molecule has 1 aromatic carbocycles. The summed E-state index contributed by atoms with van der Waals surface area (Å²) in [5, 5.41) is 12.7. The van der Waals surface area contributed by atoms with E-state index in [1.54, 1.807) is 0 Å². The van der Waals surface area contributed by atoms with E-state index in [4.69, 9.17) is 0 Å². The van der Waals surface area contributed by atoms with Crippen molar-refractivity contribution in [2.75, 3.05) is 6.54 Å². The van der Waals surface area contributed by atoms with E-state index in [-0.39, 0.29) is 24.8 Å². The van der Waals surface area contributed by atoms with Gasteiger partial charge in [-0.25, -0.2) is 4.98 Å². The Bertz CT molecular complexity index is 731. The van der Waals surface area contributed by atoms with Crippen molar-refractivity contribution in [1.29, 1.82) is 0 Å². The quantitative estimate of drug-likeness (QED) is 0.789.